The molecule has 1 aliphatic heterocycles. The molecule has 3 nitrogen and oxygen atoms in total. The van der Waals surface area contributed by atoms with Crippen molar-refractivity contribution in [3.8, 4) is 5.75 Å². The van der Waals surface area contributed by atoms with Gasteiger partial charge in [-0.05, 0) is 30.9 Å². The first-order valence-corrected chi connectivity index (χ1v) is 6.03. The van der Waals surface area contributed by atoms with Gasteiger partial charge < -0.3 is 15.0 Å². The Morgan fingerprint density at radius 1 is 1.44 bits per heavy atom. The number of anilines is 2. The number of hydrogen-bond donors (Lipinski definition) is 1. The Hall–Kier alpha value is -1.38. The SMILES string of the molecule is COc1ccc2c(c1)N(CC1CC1)CCN2. The summed E-state index contributed by atoms with van der Waals surface area (Å²) in [6, 6.07) is 6.28. The summed E-state index contributed by atoms with van der Waals surface area (Å²) in [7, 11) is 1.73. The Bertz CT molecular complexity index is 388. The van der Waals surface area contributed by atoms with Crippen molar-refractivity contribution >= 4 is 11.4 Å². The predicted molar refractivity (Wildman–Crippen MR) is 66.4 cm³/mol. The summed E-state index contributed by atoms with van der Waals surface area (Å²) in [5, 5.41) is 3.44. The van der Waals surface area contributed by atoms with Gasteiger partial charge in [0, 0.05) is 25.7 Å². The van der Waals surface area contributed by atoms with E-state index in [1.165, 1.54) is 30.8 Å². The average molecular weight is 218 g/mol. The zero-order valence-electron chi connectivity index (χ0n) is 9.70. The van der Waals surface area contributed by atoms with Gasteiger partial charge in [-0.15, -0.1) is 0 Å². The molecule has 3 rings (SSSR count). The van der Waals surface area contributed by atoms with Crippen LogP contribution < -0.4 is 15.0 Å². The molecule has 0 spiro atoms. The Balaban J connectivity index is 1.88. The van der Waals surface area contributed by atoms with Gasteiger partial charge >= 0.3 is 0 Å². The Kier molecular flexibility index (Phi) is 2.39. The van der Waals surface area contributed by atoms with E-state index in [0.717, 1.165) is 24.8 Å². The van der Waals surface area contributed by atoms with Crippen LogP contribution in [0.2, 0.25) is 0 Å². The molecule has 16 heavy (non-hydrogen) atoms. The number of methoxy groups -OCH3 is 1. The van der Waals surface area contributed by atoms with Gasteiger partial charge in [0.1, 0.15) is 5.75 Å². The summed E-state index contributed by atoms with van der Waals surface area (Å²) in [6.45, 7) is 3.37. The molecule has 0 radical (unpaired) electrons. The third-order valence-corrected chi connectivity index (χ3v) is 3.42. The standard InChI is InChI=1S/C13H18N2O/c1-16-11-4-5-12-13(8-11)15(7-6-14-12)9-10-2-3-10/h4-5,8,10,14H,2-3,6-7,9H2,1H3. The van der Waals surface area contributed by atoms with E-state index in [4.69, 9.17) is 4.74 Å². The lowest BCUT2D eigenvalue weighted by Crippen LogP contribution is -2.35. The van der Waals surface area contributed by atoms with Gasteiger partial charge in [0.15, 0.2) is 0 Å². The van der Waals surface area contributed by atoms with Gasteiger partial charge in [-0.1, -0.05) is 0 Å². The van der Waals surface area contributed by atoms with Crippen LogP contribution in [-0.4, -0.2) is 26.7 Å². The zero-order chi connectivity index (χ0) is 11.0. The first-order chi connectivity index (χ1) is 7.86. The van der Waals surface area contributed by atoms with Crippen LogP contribution in [-0.2, 0) is 0 Å². The van der Waals surface area contributed by atoms with Crippen molar-refractivity contribution in [1.29, 1.82) is 0 Å². The molecular formula is C13H18N2O. The van der Waals surface area contributed by atoms with Gasteiger partial charge in [-0.2, -0.15) is 0 Å². The van der Waals surface area contributed by atoms with E-state index in [1.807, 2.05) is 6.07 Å². The van der Waals surface area contributed by atoms with Gasteiger partial charge in [-0.25, -0.2) is 0 Å². The summed E-state index contributed by atoms with van der Waals surface area (Å²) < 4.78 is 5.29. The molecule has 0 bridgehead atoms. The second-order valence-corrected chi connectivity index (χ2v) is 4.70. The first-order valence-electron chi connectivity index (χ1n) is 6.03. The molecule has 2 aliphatic rings. The number of rotatable bonds is 3. The topological polar surface area (TPSA) is 24.5 Å². The summed E-state index contributed by atoms with van der Waals surface area (Å²) in [5.41, 5.74) is 2.55. The van der Waals surface area contributed by atoms with Crippen LogP contribution in [0.5, 0.6) is 5.75 Å². The molecule has 1 heterocycles. The van der Waals surface area contributed by atoms with E-state index in [0.29, 0.717) is 0 Å². The molecule has 3 heteroatoms. The van der Waals surface area contributed by atoms with Gasteiger partial charge in [0.2, 0.25) is 0 Å². The second-order valence-electron chi connectivity index (χ2n) is 4.70. The number of nitrogens with zero attached hydrogens (tertiary/aromatic N) is 1. The van der Waals surface area contributed by atoms with Crippen LogP contribution in [0, 0.1) is 5.92 Å². The van der Waals surface area contributed by atoms with E-state index in [2.05, 4.69) is 22.3 Å². The number of nitrogens with one attached hydrogen (secondary N) is 1. The van der Waals surface area contributed by atoms with Crippen LogP contribution in [0.15, 0.2) is 18.2 Å². The lowest BCUT2D eigenvalue weighted by Gasteiger charge is -2.32. The van der Waals surface area contributed by atoms with Gasteiger partial charge in [0.25, 0.3) is 0 Å². The smallest absolute Gasteiger partial charge is 0.121 e. The molecule has 1 saturated carbocycles. The highest BCUT2D eigenvalue weighted by Crippen LogP contribution is 2.37. The third kappa shape index (κ3) is 1.82. The van der Waals surface area contributed by atoms with Crippen molar-refractivity contribution in [2.75, 3.05) is 37.0 Å². The number of benzene rings is 1. The zero-order valence-corrected chi connectivity index (χ0v) is 9.70. The molecule has 1 fully saturated rings. The molecule has 0 saturated heterocycles. The van der Waals surface area contributed by atoms with Crippen LogP contribution in [0.4, 0.5) is 11.4 Å². The number of ether oxygens (including phenoxy) is 1. The molecule has 1 aliphatic carbocycles. The second kappa shape index (κ2) is 3.89. The number of hydrogen-bond acceptors (Lipinski definition) is 3. The minimum atomic E-state index is 0.928. The molecule has 86 valence electrons. The molecule has 0 aromatic heterocycles. The first kappa shape index (κ1) is 9.82. The van der Waals surface area contributed by atoms with Gasteiger partial charge in [0.05, 0.1) is 18.5 Å². The van der Waals surface area contributed by atoms with Gasteiger partial charge in [-0.3, -0.25) is 0 Å². The van der Waals surface area contributed by atoms with Crippen molar-refractivity contribution in [2.24, 2.45) is 5.92 Å². The summed E-state index contributed by atoms with van der Waals surface area (Å²) in [6.07, 6.45) is 2.81. The lowest BCUT2D eigenvalue weighted by molar-refractivity contribution is 0.414. The molecule has 0 atom stereocenters. The highest BCUT2D eigenvalue weighted by atomic mass is 16.5. The quantitative estimate of drug-likeness (QED) is 0.842. The molecule has 0 amide bonds. The van der Waals surface area contributed by atoms with Crippen LogP contribution in [0.1, 0.15) is 12.8 Å². The van der Waals surface area contributed by atoms with Crippen molar-refractivity contribution in [3.05, 3.63) is 18.2 Å². The largest absolute Gasteiger partial charge is 0.497 e. The average Bonchev–Trinajstić information content (AvgIpc) is 3.13. The van der Waals surface area contributed by atoms with Crippen molar-refractivity contribution in [3.63, 3.8) is 0 Å². The minimum absolute atomic E-state index is 0.928. The summed E-state index contributed by atoms with van der Waals surface area (Å²) in [5.74, 6) is 1.88. The monoisotopic (exact) mass is 218 g/mol. The van der Waals surface area contributed by atoms with E-state index >= 15 is 0 Å². The highest BCUT2D eigenvalue weighted by Gasteiger charge is 2.26. The van der Waals surface area contributed by atoms with E-state index in [1.54, 1.807) is 7.11 Å². The van der Waals surface area contributed by atoms with Crippen molar-refractivity contribution in [1.82, 2.24) is 0 Å². The summed E-state index contributed by atoms with van der Waals surface area (Å²) in [4.78, 5) is 2.49. The molecular weight excluding hydrogens is 200 g/mol. The fourth-order valence-electron chi connectivity index (χ4n) is 2.30. The predicted octanol–water partition coefficient (Wildman–Crippen LogP) is 2.34. The maximum absolute atomic E-state index is 5.29. The lowest BCUT2D eigenvalue weighted by atomic mass is 10.1. The third-order valence-electron chi connectivity index (χ3n) is 3.42. The maximum atomic E-state index is 5.29. The fraction of sp³-hybridized carbons (Fsp3) is 0.538. The number of fused-ring (bicyclic) bond motifs is 1. The van der Waals surface area contributed by atoms with Crippen LogP contribution in [0.25, 0.3) is 0 Å². The Morgan fingerprint density at radius 3 is 3.06 bits per heavy atom. The van der Waals surface area contributed by atoms with E-state index in [9.17, 15) is 0 Å². The molecule has 0 unspecified atom stereocenters. The highest BCUT2D eigenvalue weighted by molar-refractivity contribution is 5.73. The van der Waals surface area contributed by atoms with E-state index in [-0.39, 0.29) is 0 Å². The molecule has 1 N–H and O–H groups in total. The molecule has 1 aromatic carbocycles. The minimum Gasteiger partial charge on any atom is -0.497 e. The normalized spacial score (nSPS) is 18.9. The van der Waals surface area contributed by atoms with Crippen molar-refractivity contribution in [2.45, 2.75) is 12.8 Å². The van der Waals surface area contributed by atoms with E-state index < -0.39 is 0 Å². The Labute approximate surface area is 96.4 Å². The van der Waals surface area contributed by atoms with Crippen LogP contribution in [0.3, 0.4) is 0 Å². The maximum Gasteiger partial charge on any atom is 0.121 e. The van der Waals surface area contributed by atoms with Crippen molar-refractivity contribution < 1.29 is 4.74 Å². The molecule has 1 aromatic rings. The van der Waals surface area contributed by atoms with Crippen LogP contribution >= 0.6 is 0 Å². The Morgan fingerprint density at radius 2 is 2.31 bits per heavy atom. The summed E-state index contributed by atoms with van der Waals surface area (Å²) >= 11 is 0. The fourth-order valence-corrected chi connectivity index (χ4v) is 2.30.